The summed E-state index contributed by atoms with van der Waals surface area (Å²) in [5.41, 5.74) is 0. The average Bonchev–Trinajstić information content (AvgIpc) is 2.51. The van der Waals surface area contributed by atoms with Gasteiger partial charge in [-0.2, -0.15) is 0 Å². The summed E-state index contributed by atoms with van der Waals surface area (Å²) < 4.78 is 0.860. The average molecular weight is 277 g/mol. The zero-order valence-electron chi connectivity index (χ0n) is 8.27. The van der Waals surface area contributed by atoms with Crippen LogP contribution in [-0.4, -0.2) is 47.8 Å². The van der Waals surface area contributed by atoms with Crippen LogP contribution in [0.1, 0.15) is 6.92 Å². The first-order chi connectivity index (χ1) is 6.66. The van der Waals surface area contributed by atoms with Gasteiger partial charge < -0.3 is 9.80 Å². The molecule has 0 amide bonds. The van der Waals surface area contributed by atoms with Gasteiger partial charge in [-0.05, 0) is 29.9 Å². The topological polar surface area (TPSA) is 32.3 Å². The van der Waals surface area contributed by atoms with Gasteiger partial charge in [-0.15, -0.1) is 10.2 Å². The molecule has 4 nitrogen and oxygen atoms in total. The lowest BCUT2D eigenvalue weighted by atomic mass is 10.2. The van der Waals surface area contributed by atoms with E-state index in [4.69, 9.17) is 0 Å². The van der Waals surface area contributed by atoms with Gasteiger partial charge in [-0.3, -0.25) is 0 Å². The molecule has 0 spiro atoms. The normalized spacial score (nSPS) is 24.2. The molecule has 0 bridgehead atoms. The molecule has 0 N–H and O–H groups in total. The van der Waals surface area contributed by atoms with Crippen LogP contribution in [0.15, 0.2) is 3.92 Å². The van der Waals surface area contributed by atoms with Gasteiger partial charge in [0.1, 0.15) is 0 Å². The molecule has 1 fully saturated rings. The number of hydrogen-bond acceptors (Lipinski definition) is 5. The number of piperazine rings is 1. The van der Waals surface area contributed by atoms with E-state index in [1.54, 1.807) is 11.3 Å². The summed E-state index contributed by atoms with van der Waals surface area (Å²) in [4.78, 5) is 4.67. The van der Waals surface area contributed by atoms with Crippen molar-refractivity contribution in [1.82, 2.24) is 15.1 Å². The first-order valence-corrected chi connectivity index (χ1v) is 6.22. The predicted molar refractivity (Wildman–Crippen MR) is 61.9 cm³/mol. The van der Waals surface area contributed by atoms with Crippen molar-refractivity contribution in [3.63, 3.8) is 0 Å². The van der Waals surface area contributed by atoms with E-state index in [9.17, 15) is 0 Å². The Morgan fingerprint density at radius 3 is 2.79 bits per heavy atom. The van der Waals surface area contributed by atoms with Crippen LogP contribution < -0.4 is 4.90 Å². The monoisotopic (exact) mass is 276 g/mol. The second-order valence-corrected chi connectivity index (χ2v) is 5.87. The second kappa shape index (κ2) is 4.12. The molecule has 1 aliphatic heterocycles. The molecule has 0 saturated carbocycles. The molecule has 1 aromatic rings. The minimum atomic E-state index is 0.522. The molecule has 2 heterocycles. The molecule has 1 unspecified atom stereocenters. The highest BCUT2D eigenvalue weighted by molar-refractivity contribution is 9.11. The Bertz CT molecular complexity index is 316. The van der Waals surface area contributed by atoms with Gasteiger partial charge in [-0.1, -0.05) is 11.3 Å². The Morgan fingerprint density at radius 1 is 1.43 bits per heavy atom. The van der Waals surface area contributed by atoms with Crippen LogP contribution in [0.3, 0.4) is 0 Å². The standard InChI is InChI=1S/C8H13BrN4S/c1-6-5-12(2)3-4-13(6)8-11-10-7(9)14-8/h6H,3-5H2,1-2H3. The summed E-state index contributed by atoms with van der Waals surface area (Å²) in [5.74, 6) is 0. The SMILES string of the molecule is CC1CN(C)CCN1c1nnc(Br)s1. The third-order valence-corrected chi connectivity index (χ3v) is 3.86. The van der Waals surface area contributed by atoms with E-state index in [0.29, 0.717) is 6.04 Å². The Kier molecular flexibility index (Phi) is 3.04. The number of nitrogens with zero attached hydrogens (tertiary/aromatic N) is 4. The minimum Gasteiger partial charge on any atom is -0.341 e. The molecule has 0 aromatic carbocycles. The van der Waals surface area contributed by atoms with E-state index >= 15 is 0 Å². The lowest BCUT2D eigenvalue weighted by Crippen LogP contribution is -2.50. The molecular formula is C8H13BrN4S. The van der Waals surface area contributed by atoms with Crippen LogP contribution in [-0.2, 0) is 0 Å². The fraction of sp³-hybridized carbons (Fsp3) is 0.750. The highest BCUT2D eigenvalue weighted by Gasteiger charge is 2.23. The maximum absolute atomic E-state index is 4.14. The Balaban J connectivity index is 2.11. The predicted octanol–water partition coefficient (Wildman–Crippen LogP) is 1.44. The molecule has 0 radical (unpaired) electrons. The van der Waals surface area contributed by atoms with Crippen molar-refractivity contribution in [2.24, 2.45) is 0 Å². The van der Waals surface area contributed by atoms with E-state index in [1.165, 1.54) is 0 Å². The van der Waals surface area contributed by atoms with Crippen molar-refractivity contribution < 1.29 is 0 Å². The van der Waals surface area contributed by atoms with E-state index in [0.717, 1.165) is 28.7 Å². The molecule has 0 aliphatic carbocycles. The highest BCUT2D eigenvalue weighted by atomic mass is 79.9. The molecule has 1 atom stereocenters. The zero-order chi connectivity index (χ0) is 10.1. The van der Waals surface area contributed by atoms with Crippen LogP contribution >= 0.6 is 27.3 Å². The molecule has 14 heavy (non-hydrogen) atoms. The number of halogens is 1. The smallest absolute Gasteiger partial charge is 0.209 e. The first kappa shape index (κ1) is 10.3. The zero-order valence-corrected chi connectivity index (χ0v) is 10.7. The van der Waals surface area contributed by atoms with Crippen LogP contribution in [0.5, 0.6) is 0 Å². The summed E-state index contributed by atoms with van der Waals surface area (Å²) in [7, 11) is 2.16. The number of rotatable bonds is 1. The van der Waals surface area contributed by atoms with Gasteiger partial charge in [0.15, 0.2) is 3.92 Å². The van der Waals surface area contributed by atoms with Crippen LogP contribution in [0.2, 0.25) is 0 Å². The summed E-state index contributed by atoms with van der Waals surface area (Å²) in [6.45, 7) is 5.46. The summed E-state index contributed by atoms with van der Waals surface area (Å²) in [6, 6.07) is 0.522. The second-order valence-electron chi connectivity index (χ2n) is 3.64. The van der Waals surface area contributed by atoms with E-state index in [2.05, 4.69) is 49.9 Å². The lowest BCUT2D eigenvalue weighted by Gasteiger charge is -2.37. The van der Waals surface area contributed by atoms with Crippen molar-refractivity contribution in [3.8, 4) is 0 Å². The van der Waals surface area contributed by atoms with Crippen molar-refractivity contribution in [3.05, 3.63) is 3.92 Å². The summed E-state index contributed by atoms with van der Waals surface area (Å²) in [6.07, 6.45) is 0. The third kappa shape index (κ3) is 2.07. The molecule has 2 rings (SSSR count). The Morgan fingerprint density at radius 2 is 2.21 bits per heavy atom. The highest BCUT2D eigenvalue weighted by Crippen LogP contribution is 2.26. The molecule has 1 saturated heterocycles. The van der Waals surface area contributed by atoms with Gasteiger partial charge in [-0.25, -0.2) is 0 Å². The third-order valence-electron chi connectivity index (χ3n) is 2.47. The van der Waals surface area contributed by atoms with E-state index < -0.39 is 0 Å². The number of hydrogen-bond donors (Lipinski definition) is 0. The molecule has 1 aliphatic rings. The maximum Gasteiger partial charge on any atom is 0.209 e. The number of anilines is 1. The van der Waals surface area contributed by atoms with Crippen LogP contribution in [0.25, 0.3) is 0 Å². The van der Waals surface area contributed by atoms with Gasteiger partial charge >= 0.3 is 0 Å². The summed E-state index contributed by atoms with van der Waals surface area (Å²) in [5, 5.41) is 9.14. The van der Waals surface area contributed by atoms with Crippen LogP contribution in [0, 0.1) is 0 Å². The maximum atomic E-state index is 4.14. The van der Waals surface area contributed by atoms with Gasteiger partial charge in [0.25, 0.3) is 0 Å². The lowest BCUT2D eigenvalue weighted by molar-refractivity contribution is 0.275. The van der Waals surface area contributed by atoms with Gasteiger partial charge in [0.2, 0.25) is 5.13 Å². The molecule has 78 valence electrons. The molecule has 1 aromatic heterocycles. The fourth-order valence-electron chi connectivity index (χ4n) is 1.74. The first-order valence-electron chi connectivity index (χ1n) is 4.61. The van der Waals surface area contributed by atoms with E-state index in [-0.39, 0.29) is 0 Å². The fourth-order valence-corrected chi connectivity index (χ4v) is 2.95. The van der Waals surface area contributed by atoms with Crippen molar-refractivity contribution >= 4 is 32.4 Å². The Labute approximate surface area is 96.1 Å². The molecular weight excluding hydrogens is 264 g/mol. The number of aromatic nitrogens is 2. The van der Waals surface area contributed by atoms with Crippen molar-refractivity contribution in [1.29, 1.82) is 0 Å². The van der Waals surface area contributed by atoms with Crippen LogP contribution in [0.4, 0.5) is 5.13 Å². The quantitative estimate of drug-likeness (QED) is 0.777. The largest absolute Gasteiger partial charge is 0.341 e. The Hall–Kier alpha value is -0.200. The molecule has 6 heteroatoms. The minimum absolute atomic E-state index is 0.522. The van der Waals surface area contributed by atoms with Gasteiger partial charge in [0, 0.05) is 25.7 Å². The summed E-state index contributed by atoms with van der Waals surface area (Å²) >= 11 is 4.94. The number of likely N-dealkylation sites (N-methyl/N-ethyl adjacent to an activating group) is 1. The van der Waals surface area contributed by atoms with E-state index in [1.807, 2.05) is 0 Å². The van der Waals surface area contributed by atoms with Gasteiger partial charge in [0.05, 0.1) is 0 Å². The van der Waals surface area contributed by atoms with Crippen molar-refractivity contribution in [2.45, 2.75) is 13.0 Å². The van der Waals surface area contributed by atoms with Crippen molar-refractivity contribution in [2.75, 3.05) is 31.6 Å².